The first-order valence-electron chi connectivity index (χ1n) is 6.52. The van der Waals surface area contributed by atoms with E-state index in [-0.39, 0.29) is 24.0 Å². The first-order chi connectivity index (χ1) is 8.52. The maximum Gasteiger partial charge on any atom is 0.191 e. The van der Waals surface area contributed by atoms with Crippen LogP contribution in [0.3, 0.4) is 0 Å². The SMILES string of the molecule is CCNC(=NCc1csc(C(C)C)n1)NC(C)C.I. The average molecular weight is 396 g/mol. The summed E-state index contributed by atoms with van der Waals surface area (Å²) in [5.41, 5.74) is 1.05. The molecule has 0 aliphatic carbocycles. The number of hydrogen-bond acceptors (Lipinski definition) is 3. The molecular formula is C13H25IN4S. The number of guanidine groups is 1. The van der Waals surface area contributed by atoms with Crippen molar-refractivity contribution in [2.75, 3.05) is 6.54 Å². The summed E-state index contributed by atoms with van der Waals surface area (Å²) in [7, 11) is 0. The monoisotopic (exact) mass is 396 g/mol. The summed E-state index contributed by atoms with van der Waals surface area (Å²) in [6.45, 7) is 12.1. The van der Waals surface area contributed by atoms with Crippen molar-refractivity contribution in [3.05, 3.63) is 16.1 Å². The van der Waals surface area contributed by atoms with Crippen LogP contribution < -0.4 is 10.6 Å². The number of rotatable bonds is 5. The van der Waals surface area contributed by atoms with E-state index in [1.165, 1.54) is 5.01 Å². The topological polar surface area (TPSA) is 49.3 Å². The van der Waals surface area contributed by atoms with Gasteiger partial charge in [0.15, 0.2) is 5.96 Å². The third-order valence-electron chi connectivity index (χ3n) is 2.23. The Morgan fingerprint density at radius 2 is 2.05 bits per heavy atom. The fourth-order valence-corrected chi connectivity index (χ4v) is 2.24. The minimum Gasteiger partial charge on any atom is -0.357 e. The van der Waals surface area contributed by atoms with E-state index < -0.39 is 0 Å². The van der Waals surface area contributed by atoms with Gasteiger partial charge in [-0.3, -0.25) is 0 Å². The Hall–Kier alpha value is -0.370. The van der Waals surface area contributed by atoms with Gasteiger partial charge in [-0.2, -0.15) is 0 Å². The van der Waals surface area contributed by atoms with E-state index in [2.05, 4.69) is 60.6 Å². The van der Waals surface area contributed by atoms with Crippen molar-refractivity contribution in [2.24, 2.45) is 4.99 Å². The quantitative estimate of drug-likeness (QED) is 0.456. The Morgan fingerprint density at radius 1 is 1.37 bits per heavy atom. The summed E-state index contributed by atoms with van der Waals surface area (Å²) in [6, 6.07) is 0.379. The van der Waals surface area contributed by atoms with E-state index in [1.807, 2.05) is 0 Å². The molecule has 1 rings (SSSR count). The van der Waals surface area contributed by atoms with Crippen LogP contribution in [0.2, 0.25) is 0 Å². The summed E-state index contributed by atoms with van der Waals surface area (Å²) in [5, 5.41) is 9.80. The molecule has 0 aliphatic rings. The van der Waals surface area contributed by atoms with Crippen LogP contribution in [0.4, 0.5) is 0 Å². The maximum atomic E-state index is 4.58. The van der Waals surface area contributed by atoms with Crippen LogP contribution in [0, 0.1) is 0 Å². The highest BCUT2D eigenvalue weighted by Gasteiger charge is 2.06. The van der Waals surface area contributed by atoms with Crippen LogP contribution >= 0.6 is 35.3 Å². The van der Waals surface area contributed by atoms with E-state index in [0.717, 1.165) is 18.2 Å². The molecule has 0 unspecified atom stereocenters. The first kappa shape index (κ1) is 18.6. The van der Waals surface area contributed by atoms with Gasteiger partial charge in [0.1, 0.15) is 0 Å². The van der Waals surface area contributed by atoms with Crippen molar-refractivity contribution >= 4 is 41.3 Å². The average Bonchev–Trinajstić information content (AvgIpc) is 2.74. The fraction of sp³-hybridized carbons (Fsp3) is 0.692. The normalized spacial score (nSPS) is 11.6. The zero-order valence-corrected chi connectivity index (χ0v) is 15.5. The van der Waals surface area contributed by atoms with Gasteiger partial charge in [-0.1, -0.05) is 13.8 Å². The molecule has 0 bridgehead atoms. The van der Waals surface area contributed by atoms with Crippen LogP contribution in [-0.2, 0) is 6.54 Å². The first-order valence-corrected chi connectivity index (χ1v) is 7.40. The molecule has 0 amide bonds. The number of aromatic nitrogens is 1. The van der Waals surface area contributed by atoms with Gasteiger partial charge in [0, 0.05) is 23.9 Å². The largest absolute Gasteiger partial charge is 0.357 e. The summed E-state index contributed by atoms with van der Waals surface area (Å²) >= 11 is 1.72. The van der Waals surface area contributed by atoms with Crippen LogP contribution in [0.25, 0.3) is 0 Å². The lowest BCUT2D eigenvalue weighted by molar-refractivity contribution is 0.699. The summed E-state index contributed by atoms with van der Waals surface area (Å²) in [5.74, 6) is 1.35. The van der Waals surface area contributed by atoms with E-state index in [4.69, 9.17) is 0 Å². The van der Waals surface area contributed by atoms with Gasteiger partial charge < -0.3 is 10.6 Å². The standard InChI is InChI=1S/C13H24N4S.HI/c1-6-14-13(16-10(4)5)15-7-11-8-18-12(17-11)9(2)3;/h8-10H,6-7H2,1-5H3,(H2,14,15,16);1H. The zero-order valence-electron chi connectivity index (χ0n) is 12.4. The molecule has 19 heavy (non-hydrogen) atoms. The number of nitrogens with one attached hydrogen (secondary N) is 2. The number of nitrogens with zero attached hydrogens (tertiary/aromatic N) is 2. The molecule has 1 heterocycles. The molecule has 0 atom stereocenters. The molecule has 0 fully saturated rings. The van der Waals surface area contributed by atoms with Gasteiger partial charge in [0.25, 0.3) is 0 Å². The van der Waals surface area contributed by atoms with Gasteiger partial charge in [0.2, 0.25) is 0 Å². The van der Waals surface area contributed by atoms with Crippen molar-refractivity contribution in [1.82, 2.24) is 15.6 Å². The molecule has 0 saturated heterocycles. The highest BCUT2D eigenvalue weighted by atomic mass is 127. The lowest BCUT2D eigenvalue weighted by atomic mass is 10.2. The molecule has 0 spiro atoms. The highest BCUT2D eigenvalue weighted by molar-refractivity contribution is 14.0. The van der Waals surface area contributed by atoms with Crippen LogP contribution in [-0.4, -0.2) is 23.5 Å². The summed E-state index contributed by atoms with van der Waals surface area (Å²) in [6.07, 6.45) is 0. The molecule has 110 valence electrons. The lowest BCUT2D eigenvalue weighted by Crippen LogP contribution is -2.41. The van der Waals surface area contributed by atoms with E-state index >= 15 is 0 Å². The predicted molar refractivity (Wildman–Crippen MR) is 94.7 cm³/mol. The highest BCUT2D eigenvalue weighted by Crippen LogP contribution is 2.19. The summed E-state index contributed by atoms with van der Waals surface area (Å²) in [4.78, 5) is 9.11. The summed E-state index contributed by atoms with van der Waals surface area (Å²) < 4.78 is 0. The third-order valence-corrected chi connectivity index (χ3v) is 3.43. The third kappa shape index (κ3) is 7.10. The van der Waals surface area contributed by atoms with Gasteiger partial charge in [-0.15, -0.1) is 35.3 Å². The Bertz CT molecular complexity index is 388. The van der Waals surface area contributed by atoms with Crippen LogP contribution in [0.1, 0.15) is 51.2 Å². The number of hydrogen-bond donors (Lipinski definition) is 2. The number of halogens is 1. The Kier molecular flexibility index (Phi) is 9.34. The smallest absolute Gasteiger partial charge is 0.191 e. The molecule has 2 N–H and O–H groups in total. The van der Waals surface area contributed by atoms with Gasteiger partial charge in [0.05, 0.1) is 17.2 Å². The molecule has 6 heteroatoms. The van der Waals surface area contributed by atoms with Gasteiger partial charge in [-0.25, -0.2) is 9.98 Å². The maximum absolute atomic E-state index is 4.58. The minimum atomic E-state index is 0. The second kappa shape index (κ2) is 9.52. The van der Waals surface area contributed by atoms with Gasteiger partial charge >= 0.3 is 0 Å². The van der Waals surface area contributed by atoms with Crippen molar-refractivity contribution in [3.63, 3.8) is 0 Å². The van der Waals surface area contributed by atoms with Crippen molar-refractivity contribution in [3.8, 4) is 0 Å². The molecule has 0 radical (unpaired) electrons. The zero-order chi connectivity index (χ0) is 13.5. The van der Waals surface area contributed by atoms with E-state index in [0.29, 0.717) is 18.5 Å². The van der Waals surface area contributed by atoms with Gasteiger partial charge in [-0.05, 0) is 20.8 Å². The Balaban J connectivity index is 0.00000324. The molecule has 0 saturated carbocycles. The molecule has 1 aromatic rings. The van der Waals surface area contributed by atoms with Crippen molar-refractivity contribution in [2.45, 2.75) is 53.1 Å². The number of aliphatic imine (C=N–C) groups is 1. The van der Waals surface area contributed by atoms with Crippen molar-refractivity contribution in [1.29, 1.82) is 0 Å². The number of thiazole rings is 1. The second-order valence-corrected chi connectivity index (χ2v) is 5.72. The molecule has 4 nitrogen and oxygen atoms in total. The van der Waals surface area contributed by atoms with E-state index in [1.54, 1.807) is 11.3 Å². The van der Waals surface area contributed by atoms with Crippen LogP contribution in [0.5, 0.6) is 0 Å². The minimum absolute atomic E-state index is 0. The van der Waals surface area contributed by atoms with Crippen molar-refractivity contribution < 1.29 is 0 Å². The molecule has 0 aromatic carbocycles. The molecular weight excluding hydrogens is 371 g/mol. The Labute approximate surface area is 137 Å². The predicted octanol–water partition coefficient (Wildman–Crippen LogP) is 3.35. The van der Waals surface area contributed by atoms with E-state index in [9.17, 15) is 0 Å². The molecule has 0 aliphatic heterocycles. The van der Waals surface area contributed by atoms with Crippen LogP contribution in [0.15, 0.2) is 10.4 Å². The molecule has 1 aromatic heterocycles. The fourth-order valence-electron chi connectivity index (χ4n) is 1.41. The lowest BCUT2D eigenvalue weighted by Gasteiger charge is -2.13. The Morgan fingerprint density at radius 3 is 2.53 bits per heavy atom. The second-order valence-electron chi connectivity index (χ2n) is 4.83.